The average molecular weight is 323 g/mol. The minimum absolute atomic E-state index is 0.255. The van der Waals surface area contributed by atoms with Gasteiger partial charge in [-0.2, -0.15) is 0 Å². The quantitative estimate of drug-likeness (QED) is 0.845. The summed E-state index contributed by atoms with van der Waals surface area (Å²) in [5.74, 6) is 1.84. The van der Waals surface area contributed by atoms with E-state index in [2.05, 4.69) is 34.6 Å². The highest BCUT2D eigenvalue weighted by molar-refractivity contribution is 6.00. The molecule has 1 saturated heterocycles. The highest BCUT2D eigenvalue weighted by Crippen LogP contribution is 2.31. The summed E-state index contributed by atoms with van der Waals surface area (Å²) in [5, 5.41) is 3.44. The van der Waals surface area contributed by atoms with Crippen LogP contribution in [0.1, 0.15) is 24.8 Å². The molecule has 0 bridgehead atoms. The Morgan fingerprint density at radius 1 is 1.33 bits per heavy atom. The van der Waals surface area contributed by atoms with E-state index in [1.807, 2.05) is 18.3 Å². The van der Waals surface area contributed by atoms with Gasteiger partial charge in [0, 0.05) is 18.2 Å². The Bertz CT molecular complexity index is 730. The molecule has 1 atom stereocenters. The van der Waals surface area contributed by atoms with Gasteiger partial charge in [-0.1, -0.05) is 24.3 Å². The Labute approximate surface area is 141 Å². The third-order valence-corrected chi connectivity index (χ3v) is 4.13. The van der Waals surface area contributed by atoms with Crippen LogP contribution in [0.2, 0.25) is 0 Å². The summed E-state index contributed by atoms with van der Waals surface area (Å²) >= 11 is 0. The van der Waals surface area contributed by atoms with E-state index in [0.717, 1.165) is 54.4 Å². The van der Waals surface area contributed by atoms with Crippen molar-refractivity contribution in [2.24, 2.45) is 9.98 Å². The van der Waals surface area contributed by atoms with Crippen molar-refractivity contribution < 1.29 is 9.47 Å². The fourth-order valence-electron chi connectivity index (χ4n) is 2.74. The number of hydrogen-bond acceptors (Lipinski definition) is 4. The normalized spacial score (nSPS) is 23.2. The van der Waals surface area contributed by atoms with E-state index in [4.69, 9.17) is 14.5 Å². The van der Waals surface area contributed by atoms with Crippen LogP contribution >= 0.6 is 0 Å². The van der Waals surface area contributed by atoms with E-state index in [1.165, 1.54) is 0 Å². The second-order valence-electron chi connectivity index (χ2n) is 6.06. The molecule has 24 heavy (non-hydrogen) atoms. The fourth-order valence-corrected chi connectivity index (χ4v) is 2.74. The van der Waals surface area contributed by atoms with Gasteiger partial charge in [0.2, 0.25) is 0 Å². The molecule has 1 aromatic carbocycles. The van der Waals surface area contributed by atoms with E-state index in [1.54, 1.807) is 0 Å². The number of rotatable bonds is 5. The second kappa shape index (κ2) is 7.01. The van der Waals surface area contributed by atoms with Gasteiger partial charge in [0.15, 0.2) is 0 Å². The van der Waals surface area contributed by atoms with E-state index >= 15 is 0 Å². The first-order valence-corrected chi connectivity index (χ1v) is 8.44. The summed E-state index contributed by atoms with van der Waals surface area (Å²) in [6.07, 6.45) is 11.5. The van der Waals surface area contributed by atoms with Gasteiger partial charge in [-0.15, -0.1) is 0 Å². The molecule has 0 spiro atoms. The lowest BCUT2D eigenvalue weighted by Crippen LogP contribution is -2.12. The monoisotopic (exact) mass is 323 g/mol. The van der Waals surface area contributed by atoms with Crippen LogP contribution in [0.3, 0.4) is 0 Å². The van der Waals surface area contributed by atoms with Crippen LogP contribution in [0.15, 0.2) is 46.0 Å². The van der Waals surface area contributed by atoms with Crippen molar-refractivity contribution in [2.75, 3.05) is 25.1 Å². The lowest BCUT2D eigenvalue weighted by atomic mass is 10.1. The van der Waals surface area contributed by atoms with Crippen molar-refractivity contribution in [1.29, 1.82) is 0 Å². The third kappa shape index (κ3) is 3.74. The Morgan fingerprint density at radius 2 is 2.29 bits per heavy atom. The molecule has 0 radical (unpaired) electrons. The van der Waals surface area contributed by atoms with Crippen molar-refractivity contribution in [3.63, 3.8) is 0 Å². The zero-order chi connectivity index (χ0) is 16.2. The maximum absolute atomic E-state index is 5.89. The summed E-state index contributed by atoms with van der Waals surface area (Å²) in [4.78, 5) is 9.08. The Balaban J connectivity index is 1.48. The first kappa shape index (κ1) is 15.1. The summed E-state index contributed by atoms with van der Waals surface area (Å²) in [7, 11) is 0. The molecule has 3 heterocycles. The molecular formula is C19H21N3O2. The summed E-state index contributed by atoms with van der Waals surface area (Å²) in [6, 6.07) is 6.05. The molecule has 0 saturated carbocycles. The predicted molar refractivity (Wildman–Crippen MR) is 97.1 cm³/mol. The molecule has 0 amide bonds. The molecule has 1 aromatic rings. The van der Waals surface area contributed by atoms with Crippen molar-refractivity contribution >= 4 is 23.8 Å². The number of allylic oxidation sites excluding steroid dienone is 1. The van der Waals surface area contributed by atoms with Crippen molar-refractivity contribution in [1.82, 2.24) is 0 Å². The van der Waals surface area contributed by atoms with Crippen LogP contribution in [0.5, 0.6) is 5.75 Å². The molecule has 5 nitrogen and oxygen atoms in total. The lowest BCUT2D eigenvalue weighted by Gasteiger charge is -2.13. The minimum Gasteiger partial charge on any atom is -0.490 e. The fraction of sp³-hybridized carbons (Fsp3) is 0.368. The maximum Gasteiger partial charge on any atom is 0.128 e. The first-order chi connectivity index (χ1) is 11.9. The number of anilines is 1. The summed E-state index contributed by atoms with van der Waals surface area (Å²) < 4.78 is 11.1. The average Bonchev–Trinajstić information content (AvgIpc) is 3.45. The van der Waals surface area contributed by atoms with Gasteiger partial charge in [-0.05, 0) is 25.0 Å². The highest BCUT2D eigenvalue weighted by Gasteiger charge is 2.23. The molecule has 124 valence electrons. The lowest BCUT2D eigenvalue weighted by molar-refractivity contribution is 0.263. The molecule has 3 aliphatic rings. The van der Waals surface area contributed by atoms with Gasteiger partial charge in [-0.3, -0.25) is 9.98 Å². The van der Waals surface area contributed by atoms with Gasteiger partial charge in [0.05, 0.1) is 24.5 Å². The molecule has 0 aromatic heterocycles. The molecule has 1 N–H and O–H groups in total. The smallest absolute Gasteiger partial charge is 0.128 e. The van der Waals surface area contributed by atoms with Gasteiger partial charge in [0.1, 0.15) is 24.3 Å². The molecule has 3 aliphatic heterocycles. The van der Waals surface area contributed by atoms with Crippen molar-refractivity contribution in [3.05, 3.63) is 41.6 Å². The standard InChI is InChI=1S/C19H21N3O2/c1-2-10-20-14(5-1)11-21-19-9-3-6-16-17(22-19)7-4-8-18(16)24-13-15-12-23-15/h3-8,10,15H,1-2,9,11-13H2,(H,21,22). The van der Waals surface area contributed by atoms with Crippen LogP contribution in [0, 0.1) is 0 Å². The molecule has 0 aliphatic carbocycles. The molecule has 1 fully saturated rings. The number of nitrogens with zero attached hydrogens (tertiary/aromatic N) is 2. The number of aliphatic imine (C=N–C) groups is 2. The number of hydrogen-bond donors (Lipinski definition) is 1. The van der Waals surface area contributed by atoms with E-state index in [0.29, 0.717) is 13.2 Å². The Hall–Kier alpha value is -2.40. The van der Waals surface area contributed by atoms with E-state index in [-0.39, 0.29) is 6.10 Å². The number of epoxide rings is 1. The highest BCUT2D eigenvalue weighted by atomic mass is 16.6. The molecular weight excluding hydrogens is 302 g/mol. The first-order valence-electron chi connectivity index (χ1n) is 8.44. The van der Waals surface area contributed by atoms with Crippen molar-refractivity contribution in [3.8, 4) is 5.75 Å². The van der Waals surface area contributed by atoms with Crippen LogP contribution in [0.25, 0.3) is 6.08 Å². The molecule has 4 rings (SSSR count). The SMILES string of the molecule is C1=Cc2c(cccc2OCC2CO2)NC(=NCC2=CCCC=N2)C1. The number of amidine groups is 1. The number of nitrogens with one attached hydrogen (secondary N) is 1. The van der Waals surface area contributed by atoms with E-state index < -0.39 is 0 Å². The van der Waals surface area contributed by atoms with Gasteiger partial charge < -0.3 is 14.8 Å². The maximum atomic E-state index is 5.89. The zero-order valence-corrected chi connectivity index (χ0v) is 13.6. The van der Waals surface area contributed by atoms with E-state index in [9.17, 15) is 0 Å². The Kier molecular flexibility index (Phi) is 4.42. The van der Waals surface area contributed by atoms with Crippen LogP contribution in [-0.4, -0.2) is 37.9 Å². The number of ether oxygens (including phenoxy) is 2. The summed E-state index contributed by atoms with van der Waals surface area (Å²) in [5.41, 5.74) is 3.14. The second-order valence-corrected chi connectivity index (χ2v) is 6.06. The zero-order valence-electron chi connectivity index (χ0n) is 13.6. The topological polar surface area (TPSA) is 58.5 Å². The molecule has 5 heteroatoms. The minimum atomic E-state index is 0.255. The number of benzene rings is 1. The van der Waals surface area contributed by atoms with Crippen molar-refractivity contribution in [2.45, 2.75) is 25.4 Å². The van der Waals surface area contributed by atoms with Gasteiger partial charge >= 0.3 is 0 Å². The van der Waals surface area contributed by atoms with Crippen LogP contribution < -0.4 is 10.1 Å². The van der Waals surface area contributed by atoms with Crippen LogP contribution in [-0.2, 0) is 4.74 Å². The summed E-state index contributed by atoms with van der Waals surface area (Å²) in [6.45, 7) is 2.03. The van der Waals surface area contributed by atoms with Gasteiger partial charge in [0.25, 0.3) is 0 Å². The largest absolute Gasteiger partial charge is 0.490 e. The number of fused-ring (bicyclic) bond motifs is 1. The predicted octanol–water partition coefficient (Wildman–Crippen LogP) is 3.44. The Morgan fingerprint density at radius 3 is 3.12 bits per heavy atom. The molecule has 1 unspecified atom stereocenters. The van der Waals surface area contributed by atoms with Crippen LogP contribution in [0.4, 0.5) is 5.69 Å². The van der Waals surface area contributed by atoms with Gasteiger partial charge in [-0.25, -0.2) is 0 Å². The third-order valence-electron chi connectivity index (χ3n) is 4.13.